The van der Waals surface area contributed by atoms with Gasteiger partial charge in [0.25, 0.3) is 5.91 Å². The van der Waals surface area contributed by atoms with Crippen LogP contribution in [0.4, 0.5) is 0 Å². The monoisotopic (exact) mass is 395 g/mol. The molecule has 0 bridgehead atoms. The van der Waals surface area contributed by atoms with Crippen LogP contribution in [0.1, 0.15) is 27.3 Å². The molecule has 1 N–H and O–H groups in total. The third-order valence-corrected chi connectivity index (χ3v) is 4.84. The zero-order valence-electron chi connectivity index (χ0n) is 16.8. The molecule has 0 aliphatic rings. The van der Waals surface area contributed by atoms with Crippen LogP contribution in [-0.2, 0) is 6.54 Å². The zero-order chi connectivity index (χ0) is 20.9. The van der Waals surface area contributed by atoms with E-state index in [1.165, 1.54) is 0 Å². The highest BCUT2D eigenvalue weighted by Crippen LogP contribution is 2.21. The number of benzene rings is 1. The highest BCUT2D eigenvalue weighted by Gasteiger charge is 2.09. The molecule has 4 aromatic rings. The fourth-order valence-corrected chi connectivity index (χ4v) is 3.18. The first-order valence-corrected chi connectivity index (χ1v) is 9.63. The maximum absolute atomic E-state index is 12.5. The van der Waals surface area contributed by atoms with E-state index in [1.807, 2.05) is 44.3 Å². The molecule has 4 rings (SSSR count). The van der Waals surface area contributed by atoms with Gasteiger partial charge in [-0.15, -0.1) is 0 Å². The number of carbonyl (C=O) groups is 1. The fourth-order valence-electron chi connectivity index (χ4n) is 3.18. The Kier molecular flexibility index (Phi) is 5.57. The van der Waals surface area contributed by atoms with Crippen LogP contribution in [0, 0.1) is 13.8 Å². The van der Waals surface area contributed by atoms with Crippen molar-refractivity contribution >= 4 is 5.91 Å². The number of hydrogen-bond acceptors (Lipinski definition) is 5. The van der Waals surface area contributed by atoms with E-state index in [9.17, 15) is 4.79 Å². The van der Waals surface area contributed by atoms with Gasteiger partial charge in [0.05, 0.1) is 24.1 Å². The van der Waals surface area contributed by atoms with Crippen molar-refractivity contribution in [2.75, 3.05) is 0 Å². The Hall–Kier alpha value is -3.93. The highest BCUT2D eigenvalue weighted by molar-refractivity contribution is 5.94. The van der Waals surface area contributed by atoms with Crippen molar-refractivity contribution in [2.45, 2.75) is 20.4 Å². The molecular weight excluding hydrogens is 374 g/mol. The fraction of sp³-hybridized carbons (Fsp3) is 0.125. The largest absolute Gasteiger partial charge is 0.346 e. The number of nitrogens with one attached hydrogen (secondary N) is 1. The summed E-state index contributed by atoms with van der Waals surface area (Å²) in [7, 11) is 0. The van der Waals surface area contributed by atoms with Crippen LogP contribution in [0.3, 0.4) is 0 Å². The summed E-state index contributed by atoms with van der Waals surface area (Å²) in [6.07, 6.45) is 8.60. The number of pyridine rings is 2. The van der Waals surface area contributed by atoms with Gasteiger partial charge in [-0.2, -0.15) is 0 Å². The highest BCUT2D eigenvalue weighted by atomic mass is 16.1. The van der Waals surface area contributed by atoms with Crippen molar-refractivity contribution in [2.24, 2.45) is 0 Å². The number of rotatable bonds is 5. The molecular formula is C24H21N5O. The maximum Gasteiger partial charge on any atom is 0.251 e. The van der Waals surface area contributed by atoms with Crippen molar-refractivity contribution in [3.8, 4) is 22.4 Å². The third-order valence-electron chi connectivity index (χ3n) is 4.84. The Morgan fingerprint density at radius 2 is 1.67 bits per heavy atom. The van der Waals surface area contributed by atoms with E-state index in [0.29, 0.717) is 12.1 Å². The zero-order valence-corrected chi connectivity index (χ0v) is 16.8. The molecule has 0 saturated carbocycles. The summed E-state index contributed by atoms with van der Waals surface area (Å²) in [5.74, 6) is -0.143. The Bertz CT molecular complexity index is 1170. The maximum atomic E-state index is 12.5. The second-order valence-corrected chi connectivity index (χ2v) is 7.02. The van der Waals surface area contributed by atoms with Crippen LogP contribution < -0.4 is 5.32 Å². The van der Waals surface area contributed by atoms with E-state index in [4.69, 9.17) is 0 Å². The van der Waals surface area contributed by atoms with E-state index in [2.05, 4.69) is 31.3 Å². The quantitative estimate of drug-likeness (QED) is 0.549. The lowest BCUT2D eigenvalue weighted by atomic mass is 10.0. The second kappa shape index (κ2) is 8.61. The first-order valence-electron chi connectivity index (χ1n) is 9.63. The van der Waals surface area contributed by atoms with E-state index >= 15 is 0 Å². The number of carbonyl (C=O) groups excluding carboxylic acids is 1. The van der Waals surface area contributed by atoms with Gasteiger partial charge in [0.15, 0.2) is 0 Å². The van der Waals surface area contributed by atoms with Crippen molar-refractivity contribution in [3.63, 3.8) is 0 Å². The van der Waals surface area contributed by atoms with E-state index < -0.39 is 0 Å². The third kappa shape index (κ3) is 4.38. The van der Waals surface area contributed by atoms with Crippen LogP contribution in [0.5, 0.6) is 0 Å². The molecule has 3 aromatic heterocycles. The van der Waals surface area contributed by atoms with Crippen LogP contribution >= 0.6 is 0 Å². The van der Waals surface area contributed by atoms with Crippen LogP contribution in [0.2, 0.25) is 0 Å². The van der Waals surface area contributed by atoms with Gasteiger partial charge in [0.1, 0.15) is 0 Å². The molecule has 3 heterocycles. The topological polar surface area (TPSA) is 80.7 Å². The smallest absolute Gasteiger partial charge is 0.251 e. The SMILES string of the molecule is Cc1cc(-c2cnc(CNC(=O)c3ccc(-c4cnccn4)cc3)c(C)c2)ccn1. The van der Waals surface area contributed by atoms with E-state index in [0.717, 1.165) is 39.3 Å². The summed E-state index contributed by atoms with van der Waals surface area (Å²) >= 11 is 0. The second-order valence-electron chi connectivity index (χ2n) is 7.02. The molecule has 30 heavy (non-hydrogen) atoms. The minimum absolute atomic E-state index is 0.143. The standard InChI is InChI=1S/C24H21N5O/c1-16-11-21(20-7-8-26-17(2)12-20)13-28-22(16)15-29-24(30)19-5-3-18(4-6-19)23-14-25-9-10-27-23/h3-14H,15H2,1-2H3,(H,29,30). The molecule has 0 aliphatic heterocycles. The van der Waals surface area contributed by atoms with Crippen molar-refractivity contribution in [3.05, 3.63) is 96.0 Å². The molecule has 6 heteroatoms. The number of nitrogens with zero attached hydrogens (tertiary/aromatic N) is 4. The summed E-state index contributed by atoms with van der Waals surface area (Å²) in [5.41, 5.74) is 7.22. The van der Waals surface area contributed by atoms with Crippen LogP contribution in [0.25, 0.3) is 22.4 Å². The minimum Gasteiger partial charge on any atom is -0.346 e. The van der Waals surface area contributed by atoms with Crippen molar-refractivity contribution in [1.29, 1.82) is 0 Å². The molecule has 0 saturated heterocycles. The predicted molar refractivity (Wildman–Crippen MR) is 116 cm³/mol. The van der Waals surface area contributed by atoms with Gasteiger partial charge < -0.3 is 5.32 Å². The molecule has 6 nitrogen and oxygen atoms in total. The molecule has 148 valence electrons. The van der Waals surface area contributed by atoms with Gasteiger partial charge in [-0.3, -0.25) is 24.7 Å². The van der Waals surface area contributed by atoms with Gasteiger partial charge in [-0.05, 0) is 55.3 Å². The van der Waals surface area contributed by atoms with Gasteiger partial charge in [-0.25, -0.2) is 0 Å². The van der Waals surface area contributed by atoms with Gasteiger partial charge in [0.2, 0.25) is 0 Å². The summed E-state index contributed by atoms with van der Waals surface area (Å²) in [6.45, 7) is 4.33. The molecule has 0 fully saturated rings. The number of aryl methyl sites for hydroxylation is 2. The summed E-state index contributed by atoms with van der Waals surface area (Å²) < 4.78 is 0. The Morgan fingerprint density at radius 1 is 0.833 bits per heavy atom. The minimum atomic E-state index is -0.143. The molecule has 0 atom stereocenters. The predicted octanol–water partition coefficient (Wildman–Crippen LogP) is 4.15. The molecule has 0 radical (unpaired) electrons. The molecule has 1 amide bonds. The summed E-state index contributed by atoms with van der Waals surface area (Å²) in [4.78, 5) is 29.6. The van der Waals surface area contributed by atoms with Gasteiger partial charge in [-0.1, -0.05) is 12.1 Å². The van der Waals surface area contributed by atoms with Crippen LogP contribution in [-0.4, -0.2) is 25.8 Å². The van der Waals surface area contributed by atoms with Crippen molar-refractivity contribution in [1.82, 2.24) is 25.3 Å². The lowest BCUT2D eigenvalue weighted by Crippen LogP contribution is -2.23. The van der Waals surface area contributed by atoms with Gasteiger partial charge in [0, 0.05) is 47.2 Å². The molecule has 1 aromatic carbocycles. The number of hydrogen-bond donors (Lipinski definition) is 1. The summed E-state index contributed by atoms with van der Waals surface area (Å²) in [6, 6.07) is 13.4. The average Bonchev–Trinajstić information content (AvgIpc) is 2.79. The Balaban J connectivity index is 1.42. The molecule has 0 unspecified atom stereocenters. The average molecular weight is 395 g/mol. The number of amides is 1. The Labute approximate surface area is 175 Å². The molecule has 0 aliphatic carbocycles. The number of aromatic nitrogens is 4. The van der Waals surface area contributed by atoms with E-state index in [1.54, 1.807) is 36.9 Å². The lowest BCUT2D eigenvalue weighted by molar-refractivity contribution is 0.0950. The van der Waals surface area contributed by atoms with Crippen LogP contribution in [0.15, 0.2) is 73.4 Å². The summed E-state index contributed by atoms with van der Waals surface area (Å²) in [5, 5.41) is 2.94. The van der Waals surface area contributed by atoms with Crippen molar-refractivity contribution < 1.29 is 4.79 Å². The first kappa shape index (κ1) is 19.4. The van der Waals surface area contributed by atoms with E-state index in [-0.39, 0.29) is 5.91 Å². The van der Waals surface area contributed by atoms with Gasteiger partial charge >= 0.3 is 0 Å². The lowest BCUT2D eigenvalue weighted by Gasteiger charge is -2.10. The first-order chi connectivity index (χ1) is 14.6. The Morgan fingerprint density at radius 3 is 2.37 bits per heavy atom. The molecule has 0 spiro atoms. The normalized spacial score (nSPS) is 10.6.